The van der Waals surface area contributed by atoms with Crippen LogP contribution in [0.5, 0.6) is 0 Å². The Labute approximate surface area is 103 Å². The van der Waals surface area contributed by atoms with Gasteiger partial charge in [-0.2, -0.15) is 0 Å². The van der Waals surface area contributed by atoms with Crippen LogP contribution in [0.2, 0.25) is 0 Å². The fraction of sp³-hybridized carbons (Fsp3) is 0.714. The second-order valence-electron chi connectivity index (χ2n) is 6.22. The van der Waals surface area contributed by atoms with Crippen molar-refractivity contribution < 1.29 is 14.3 Å². The van der Waals surface area contributed by atoms with Gasteiger partial charge in [-0.25, -0.2) is 0 Å². The first-order valence-corrected chi connectivity index (χ1v) is 5.99. The van der Waals surface area contributed by atoms with Crippen LogP contribution in [0, 0.1) is 17.3 Å². The zero-order valence-electron chi connectivity index (χ0n) is 11.5. The van der Waals surface area contributed by atoms with Crippen LogP contribution in [0.15, 0.2) is 11.6 Å². The monoisotopic (exact) mass is 238 g/mol. The first-order chi connectivity index (χ1) is 7.65. The first-order valence-electron chi connectivity index (χ1n) is 5.99. The number of esters is 1. The largest absolute Gasteiger partial charge is 0.460 e. The smallest absolute Gasteiger partial charge is 0.310 e. The Morgan fingerprint density at radius 1 is 1.24 bits per heavy atom. The molecule has 2 unspecified atom stereocenters. The molecule has 0 heterocycles. The lowest BCUT2D eigenvalue weighted by molar-refractivity contribution is -0.157. The van der Waals surface area contributed by atoms with E-state index in [2.05, 4.69) is 0 Å². The highest BCUT2D eigenvalue weighted by Crippen LogP contribution is 2.61. The van der Waals surface area contributed by atoms with E-state index in [1.54, 1.807) is 6.08 Å². The molecule has 1 rings (SSSR count). The van der Waals surface area contributed by atoms with Gasteiger partial charge >= 0.3 is 5.97 Å². The number of carbonyl (C=O) groups excluding carboxylic acids is 2. The quantitative estimate of drug-likeness (QED) is 0.431. The molecule has 0 bridgehead atoms. The van der Waals surface area contributed by atoms with Gasteiger partial charge in [0, 0.05) is 5.92 Å². The first kappa shape index (κ1) is 13.9. The Balaban J connectivity index is 2.81. The van der Waals surface area contributed by atoms with Crippen LogP contribution < -0.4 is 0 Å². The lowest BCUT2D eigenvalue weighted by Crippen LogP contribution is -2.26. The molecule has 0 spiro atoms. The summed E-state index contributed by atoms with van der Waals surface area (Å²) in [5, 5.41) is 0. The summed E-state index contributed by atoms with van der Waals surface area (Å²) in [6.07, 6.45) is 2.63. The Morgan fingerprint density at radius 2 is 1.76 bits per heavy atom. The molecule has 1 aliphatic carbocycles. The molecule has 1 fully saturated rings. The summed E-state index contributed by atoms with van der Waals surface area (Å²) in [6, 6.07) is 0. The highest BCUT2D eigenvalue weighted by atomic mass is 16.6. The Morgan fingerprint density at radius 3 is 2.12 bits per heavy atom. The van der Waals surface area contributed by atoms with Crippen molar-refractivity contribution >= 4 is 12.3 Å². The van der Waals surface area contributed by atoms with Gasteiger partial charge in [0.15, 0.2) is 0 Å². The molecule has 3 heteroatoms. The van der Waals surface area contributed by atoms with Crippen molar-refractivity contribution in [3.05, 3.63) is 11.6 Å². The summed E-state index contributed by atoms with van der Waals surface area (Å²) in [5.74, 6) is -0.397. The molecule has 1 aliphatic rings. The number of hydrogen-bond donors (Lipinski definition) is 0. The predicted octanol–water partition coefficient (Wildman–Crippen LogP) is 2.75. The lowest BCUT2D eigenvalue weighted by Gasteiger charge is -2.20. The number of ether oxygens (including phenoxy) is 1. The zero-order valence-corrected chi connectivity index (χ0v) is 11.5. The minimum Gasteiger partial charge on any atom is -0.460 e. The van der Waals surface area contributed by atoms with Gasteiger partial charge in [-0.05, 0) is 38.7 Å². The van der Waals surface area contributed by atoms with Crippen LogP contribution in [0.1, 0.15) is 41.5 Å². The topological polar surface area (TPSA) is 43.4 Å². The number of allylic oxidation sites excluding steroid dienone is 2. The minimum absolute atomic E-state index is 0.000139. The molecule has 17 heavy (non-hydrogen) atoms. The highest BCUT2D eigenvalue weighted by Gasteiger charge is 2.64. The van der Waals surface area contributed by atoms with Gasteiger partial charge in [0.05, 0.1) is 5.92 Å². The molecule has 0 aromatic heterocycles. The lowest BCUT2D eigenvalue weighted by atomic mass is 10.0. The van der Waals surface area contributed by atoms with E-state index in [4.69, 9.17) is 4.74 Å². The summed E-state index contributed by atoms with van der Waals surface area (Å²) in [4.78, 5) is 23.0. The summed E-state index contributed by atoms with van der Waals surface area (Å²) in [6.45, 7) is 11.4. The van der Waals surface area contributed by atoms with Gasteiger partial charge in [-0.3, -0.25) is 9.59 Å². The van der Waals surface area contributed by atoms with Crippen LogP contribution in [0.4, 0.5) is 0 Å². The molecular formula is C14H22O3. The third-order valence-electron chi connectivity index (χ3n) is 3.32. The number of rotatable bonds is 3. The van der Waals surface area contributed by atoms with Crippen molar-refractivity contribution in [2.75, 3.05) is 0 Å². The number of aldehydes is 1. The average Bonchev–Trinajstić information content (AvgIpc) is 2.69. The van der Waals surface area contributed by atoms with Crippen molar-refractivity contribution in [1.29, 1.82) is 0 Å². The van der Waals surface area contributed by atoms with Gasteiger partial charge in [-0.15, -0.1) is 0 Å². The predicted molar refractivity (Wildman–Crippen MR) is 66.4 cm³/mol. The average molecular weight is 238 g/mol. The Kier molecular flexibility index (Phi) is 3.51. The van der Waals surface area contributed by atoms with Crippen LogP contribution in [-0.4, -0.2) is 17.9 Å². The highest BCUT2D eigenvalue weighted by molar-refractivity contribution is 5.84. The van der Waals surface area contributed by atoms with E-state index in [9.17, 15) is 9.59 Å². The molecule has 0 saturated heterocycles. The molecule has 0 radical (unpaired) electrons. The molecule has 1 saturated carbocycles. The second-order valence-corrected chi connectivity index (χ2v) is 6.22. The van der Waals surface area contributed by atoms with Gasteiger partial charge in [-0.1, -0.05) is 19.9 Å². The summed E-state index contributed by atoms with van der Waals surface area (Å²) < 4.78 is 5.38. The third kappa shape index (κ3) is 2.76. The normalized spacial score (nSPS) is 27.5. The number of carbonyl (C=O) groups is 2. The van der Waals surface area contributed by atoms with Crippen molar-refractivity contribution in [3.8, 4) is 0 Å². The van der Waals surface area contributed by atoms with Crippen molar-refractivity contribution in [2.24, 2.45) is 17.3 Å². The van der Waals surface area contributed by atoms with Gasteiger partial charge in [0.1, 0.15) is 11.9 Å². The summed E-state index contributed by atoms with van der Waals surface area (Å²) in [7, 11) is 0. The molecule has 0 aromatic rings. The number of hydrogen-bond acceptors (Lipinski definition) is 3. The zero-order chi connectivity index (χ0) is 13.4. The van der Waals surface area contributed by atoms with E-state index in [1.807, 2.05) is 41.5 Å². The third-order valence-corrected chi connectivity index (χ3v) is 3.32. The maximum Gasteiger partial charge on any atom is 0.310 e. The summed E-state index contributed by atoms with van der Waals surface area (Å²) >= 11 is 0. The van der Waals surface area contributed by atoms with E-state index in [0.717, 1.165) is 6.29 Å². The minimum atomic E-state index is -0.475. The standard InChI is InChI=1S/C14H22O3/c1-7-9(8-15)10-11(14(10,5)6)12(16)17-13(2,3)4/h7-8,10-11H,1-6H3/b9-7-. The van der Waals surface area contributed by atoms with Gasteiger partial charge in [0.25, 0.3) is 0 Å². The second kappa shape index (κ2) is 4.28. The fourth-order valence-electron chi connectivity index (χ4n) is 2.39. The van der Waals surface area contributed by atoms with E-state index in [1.165, 1.54) is 0 Å². The van der Waals surface area contributed by atoms with Crippen molar-refractivity contribution in [3.63, 3.8) is 0 Å². The molecule has 0 aromatic carbocycles. The van der Waals surface area contributed by atoms with E-state index in [0.29, 0.717) is 5.57 Å². The molecule has 0 aliphatic heterocycles. The SMILES string of the molecule is C/C=C(/C=O)C1C(C(=O)OC(C)(C)C)C1(C)C. The van der Waals surface area contributed by atoms with Gasteiger partial charge < -0.3 is 4.74 Å². The van der Waals surface area contributed by atoms with Crippen LogP contribution in [0.3, 0.4) is 0 Å². The molecule has 0 amide bonds. The van der Waals surface area contributed by atoms with E-state index in [-0.39, 0.29) is 23.2 Å². The maximum atomic E-state index is 12.0. The molecule has 96 valence electrons. The van der Waals surface area contributed by atoms with Gasteiger partial charge in [0.2, 0.25) is 0 Å². The molecule has 0 N–H and O–H groups in total. The summed E-state index contributed by atoms with van der Waals surface area (Å²) in [5.41, 5.74) is 0.0497. The van der Waals surface area contributed by atoms with Crippen LogP contribution in [-0.2, 0) is 14.3 Å². The molecule has 3 nitrogen and oxygen atoms in total. The van der Waals surface area contributed by atoms with Crippen molar-refractivity contribution in [1.82, 2.24) is 0 Å². The molecular weight excluding hydrogens is 216 g/mol. The van der Waals surface area contributed by atoms with E-state index < -0.39 is 5.60 Å². The maximum absolute atomic E-state index is 12.0. The van der Waals surface area contributed by atoms with Crippen molar-refractivity contribution in [2.45, 2.75) is 47.1 Å². The Bertz CT molecular complexity index is 358. The molecule has 2 atom stereocenters. The Hall–Kier alpha value is -1.12. The van der Waals surface area contributed by atoms with Crippen LogP contribution in [0.25, 0.3) is 0 Å². The fourth-order valence-corrected chi connectivity index (χ4v) is 2.39. The van der Waals surface area contributed by atoms with Crippen LogP contribution >= 0.6 is 0 Å². The van der Waals surface area contributed by atoms with E-state index >= 15 is 0 Å².